The fourth-order valence-corrected chi connectivity index (χ4v) is 3.36. The molecule has 0 radical (unpaired) electrons. The Labute approximate surface area is 136 Å². The largest absolute Gasteiger partial charge is 0.493 e. The molecule has 0 atom stereocenters. The minimum Gasteiger partial charge on any atom is -0.493 e. The lowest BCUT2D eigenvalue weighted by Gasteiger charge is -2.27. The van der Waals surface area contributed by atoms with Crippen molar-refractivity contribution in [1.29, 1.82) is 0 Å². The van der Waals surface area contributed by atoms with E-state index in [1.165, 1.54) is 48.3 Å². The van der Waals surface area contributed by atoms with E-state index in [4.69, 9.17) is 4.74 Å². The van der Waals surface area contributed by atoms with Gasteiger partial charge < -0.3 is 14.5 Å². The number of likely N-dealkylation sites (N-methyl/N-ethyl adjacent to an activating group) is 1. The molecule has 20 heavy (non-hydrogen) atoms. The maximum atomic E-state index is 5.88. The second-order valence-corrected chi connectivity index (χ2v) is 7.17. The Hall–Kier alpha value is -0.330. The van der Waals surface area contributed by atoms with Crippen molar-refractivity contribution in [3.05, 3.63) is 27.3 Å². The van der Waals surface area contributed by atoms with Gasteiger partial charge in [0.15, 0.2) is 0 Å². The molecule has 1 fully saturated rings. The normalized spacial score (nSPS) is 22.8. The van der Waals surface area contributed by atoms with Crippen LogP contribution >= 0.6 is 22.6 Å². The average molecular weight is 390 g/mol. The van der Waals surface area contributed by atoms with Gasteiger partial charge in [-0.25, -0.2) is 0 Å². The molecule has 0 amide bonds. The lowest BCUT2D eigenvalue weighted by molar-refractivity contribution is -1.00. The van der Waals surface area contributed by atoms with Crippen LogP contribution in [0.25, 0.3) is 0 Å². The summed E-state index contributed by atoms with van der Waals surface area (Å²) in [6.07, 6.45) is 2.44. The molecular weight excluding hydrogens is 363 g/mol. The van der Waals surface area contributed by atoms with E-state index < -0.39 is 0 Å². The van der Waals surface area contributed by atoms with E-state index in [-0.39, 0.29) is 0 Å². The summed E-state index contributed by atoms with van der Waals surface area (Å²) in [4.78, 5) is 3.47. The zero-order valence-electron chi connectivity index (χ0n) is 12.7. The Morgan fingerprint density at radius 3 is 2.60 bits per heavy atom. The molecule has 112 valence electrons. The van der Waals surface area contributed by atoms with Gasteiger partial charge in [0.05, 0.1) is 20.2 Å². The number of hydrogen-bond donors (Lipinski definition) is 2. The molecule has 0 saturated carbocycles. The van der Waals surface area contributed by atoms with Crippen molar-refractivity contribution < 1.29 is 14.5 Å². The smallest absolute Gasteiger partial charge is 0.127 e. The number of aryl methyl sites for hydroxylation is 1. The van der Waals surface area contributed by atoms with E-state index in [9.17, 15) is 0 Å². The van der Waals surface area contributed by atoms with E-state index in [1.54, 1.807) is 9.80 Å². The van der Waals surface area contributed by atoms with E-state index >= 15 is 0 Å². The van der Waals surface area contributed by atoms with Crippen LogP contribution in [0.15, 0.2) is 18.2 Å². The molecule has 1 aliphatic rings. The van der Waals surface area contributed by atoms with E-state index in [0.717, 1.165) is 18.8 Å². The maximum absolute atomic E-state index is 5.88. The van der Waals surface area contributed by atoms with Gasteiger partial charge in [-0.1, -0.05) is 0 Å². The Balaban J connectivity index is 1.59. The van der Waals surface area contributed by atoms with E-state index in [2.05, 4.69) is 54.8 Å². The third-order valence-electron chi connectivity index (χ3n) is 4.13. The summed E-state index contributed by atoms with van der Waals surface area (Å²) in [5.74, 6) is 1.04. The number of hydrogen-bond acceptors (Lipinski definition) is 1. The first-order chi connectivity index (χ1) is 9.65. The Kier molecular flexibility index (Phi) is 6.58. The zero-order chi connectivity index (χ0) is 14.4. The first-order valence-electron chi connectivity index (χ1n) is 7.69. The van der Waals surface area contributed by atoms with Crippen molar-refractivity contribution in [2.45, 2.75) is 19.8 Å². The highest BCUT2D eigenvalue weighted by molar-refractivity contribution is 14.1. The number of piperazine rings is 1. The molecule has 3 nitrogen and oxygen atoms in total. The highest BCUT2D eigenvalue weighted by Gasteiger charge is 2.18. The van der Waals surface area contributed by atoms with Crippen molar-refractivity contribution in [3.8, 4) is 5.75 Å². The third kappa shape index (κ3) is 5.22. The molecule has 0 aromatic heterocycles. The van der Waals surface area contributed by atoms with Crippen LogP contribution in [0.3, 0.4) is 0 Å². The van der Waals surface area contributed by atoms with Crippen LogP contribution in [0.5, 0.6) is 5.75 Å². The van der Waals surface area contributed by atoms with Gasteiger partial charge in [0, 0.05) is 3.57 Å². The van der Waals surface area contributed by atoms with Crippen molar-refractivity contribution >= 4 is 22.6 Å². The molecule has 2 N–H and O–H groups in total. The SMILES string of the molecule is Cc1cc(I)ccc1OCCCC[NH+]1CC[NH+](C)CC1. The molecule has 1 heterocycles. The van der Waals surface area contributed by atoms with Crippen molar-refractivity contribution in [1.82, 2.24) is 0 Å². The first-order valence-corrected chi connectivity index (χ1v) is 8.77. The number of quaternary nitrogens is 2. The highest BCUT2D eigenvalue weighted by Crippen LogP contribution is 2.20. The second-order valence-electron chi connectivity index (χ2n) is 5.92. The molecule has 2 rings (SSSR count). The molecule has 0 aliphatic carbocycles. The standard InChI is InChI=1S/C16H25IN2O/c1-14-13-15(17)5-6-16(14)20-12-4-3-7-19-10-8-18(2)9-11-19/h5-6,13H,3-4,7-12H2,1-2H3/p+2. The Morgan fingerprint density at radius 1 is 1.15 bits per heavy atom. The molecule has 1 aromatic rings. The molecule has 0 bridgehead atoms. The third-order valence-corrected chi connectivity index (χ3v) is 4.80. The summed E-state index contributed by atoms with van der Waals surface area (Å²) in [6.45, 7) is 9.60. The van der Waals surface area contributed by atoms with Gasteiger partial charge in [0.1, 0.15) is 31.9 Å². The molecule has 1 saturated heterocycles. The van der Waals surface area contributed by atoms with Gasteiger partial charge in [0.25, 0.3) is 0 Å². The summed E-state index contributed by atoms with van der Waals surface area (Å²) in [7, 11) is 2.30. The molecular formula is C16H27IN2O+2. The highest BCUT2D eigenvalue weighted by atomic mass is 127. The number of rotatable bonds is 6. The maximum Gasteiger partial charge on any atom is 0.127 e. The topological polar surface area (TPSA) is 18.1 Å². The number of unbranched alkanes of at least 4 members (excludes halogenated alkanes) is 1. The minimum atomic E-state index is 0.847. The predicted octanol–water partition coefficient (Wildman–Crippen LogP) is 0.172. The van der Waals surface area contributed by atoms with Gasteiger partial charge in [-0.2, -0.15) is 0 Å². The lowest BCUT2D eigenvalue weighted by Crippen LogP contribution is -3.27. The molecule has 4 heteroatoms. The summed E-state index contributed by atoms with van der Waals surface area (Å²) in [5, 5.41) is 0. The first kappa shape index (κ1) is 16.0. The fourth-order valence-electron chi connectivity index (χ4n) is 2.71. The molecule has 1 aromatic carbocycles. The molecule has 0 spiro atoms. The summed E-state index contributed by atoms with van der Waals surface area (Å²) < 4.78 is 7.15. The second kappa shape index (κ2) is 8.20. The predicted molar refractivity (Wildman–Crippen MR) is 90.8 cm³/mol. The van der Waals surface area contributed by atoms with Gasteiger partial charge >= 0.3 is 0 Å². The van der Waals surface area contributed by atoms with Gasteiger partial charge in [-0.3, -0.25) is 0 Å². The van der Waals surface area contributed by atoms with Crippen molar-refractivity contribution in [2.24, 2.45) is 0 Å². The summed E-state index contributed by atoms with van der Waals surface area (Å²) >= 11 is 2.34. The van der Waals surface area contributed by atoms with E-state index in [0.29, 0.717) is 0 Å². The van der Waals surface area contributed by atoms with Crippen molar-refractivity contribution in [2.75, 3.05) is 46.4 Å². The number of nitrogens with one attached hydrogen (secondary N) is 2. The Morgan fingerprint density at radius 2 is 1.90 bits per heavy atom. The summed E-state index contributed by atoms with van der Waals surface area (Å²) in [5.41, 5.74) is 1.24. The number of ether oxygens (including phenoxy) is 1. The molecule has 0 unspecified atom stereocenters. The fraction of sp³-hybridized carbons (Fsp3) is 0.625. The average Bonchev–Trinajstić information content (AvgIpc) is 2.42. The van der Waals surface area contributed by atoms with Crippen LogP contribution in [0.1, 0.15) is 18.4 Å². The van der Waals surface area contributed by atoms with Gasteiger partial charge in [-0.05, 0) is 66.1 Å². The van der Waals surface area contributed by atoms with Crippen LogP contribution in [0.2, 0.25) is 0 Å². The summed E-state index contributed by atoms with van der Waals surface area (Å²) in [6, 6.07) is 6.37. The Bertz CT molecular complexity index is 417. The monoisotopic (exact) mass is 390 g/mol. The lowest BCUT2D eigenvalue weighted by atomic mass is 10.2. The molecule has 1 aliphatic heterocycles. The van der Waals surface area contributed by atoms with Crippen LogP contribution in [0, 0.1) is 10.5 Å². The minimum absolute atomic E-state index is 0.847. The van der Waals surface area contributed by atoms with E-state index in [1.807, 2.05) is 0 Å². The number of benzene rings is 1. The van der Waals surface area contributed by atoms with Crippen LogP contribution < -0.4 is 14.5 Å². The van der Waals surface area contributed by atoms with Gasteiger partial charge in [0.2, 0.25) is 0 Å². The zero-order valence-corrected chi connectivity index (χ0v) is 14.8. The van der Waals surface area contributed by atoms with Gasteiger partial charge in [-0.15, -0.1) is 0 Å². The van der Waals surface area contributed by atoms with Crippen LogP contribution in [-0.2, 0) is 0 Å². The van der Waals surface area contributed by atoms with Crippen molar-refractivity contribution in [3.63, 3.8) is 0 Å². The van der Waals surface area contributed by atoms with Crippen LogP contribution in [-0.4, -0.2) is 46.4 Å². The van der Waals surface area contributed by atoms with Crippen LogP contribution in [0.4, 0.5) is 0 Å². The quantitative estimate of drug-likeness (QED) is 0.524. The number of halogens is 1.